The Kier molecular flexibility index (Phi) is 4.68. The van der Waals surface area contributed by atoms with E-state index in [1.807, 2.05) is 6.92 Å². The molecule has 0 unspecified atom stereocenters. The van der Waals surface area contributed by atoms with Gasteiger partial charge >= 0.3 is 0 Å². The number of rotatable bonds is 4. The second-order valence-corrected chi connectivity index (χ2v) is 6.67. The number of aryl methyl sites for hydroxylation is 1. The molecule has 0 spiro atoms. The molecule has 2 aromatic heterocycles. The highest BCUT2D eigenvalue weighted by molar-refractivity contribution is 6.31. The van der Waals surface area contributed by atoms with E-state index in [1.165, 1.54) is 41.0 Å². The van der Waals surface area contributed by atoms with Gasteiger partial charge in [-0.25, -0.2) is 18.7 Å². The maximum atomic E-state index is 13.4. The van der Waals surface area contributed by atoms with Crippen molar-refractivity contribution in [2.45, 2.75) is 19.9 Å². The van der Waals surface area contributed by atoms with Crippen LogP contribution in [0, 0.1) is 11.6 Å². The third-order valence-corrected chi connectivity index (χ3v) is 4.85. The van der Waals surface area contributed by atoms with Crippen LogP contribution in [0.2, 0.25) is 5.02 Å². The molecule has 142 valence electrons. The van der Waals surface area contributed by atoms with Crippen molar-refractivity contribution in [2.24, 2.45) is 0 Å². The first-order chi connectivity index (χ1) is 13.5. The van der Waals surface area contributed by atoms with E-state index >= 15 is 0 Å². The molecule has 5 nitrogen and oxygen atoms in total. The molecule has 0 saturated carbocycles. The third kappa shape index (κ3) is 3.18. The number of hydrogen-bond donors (Lipinski definition) is 0. The van der Waals surface area contributed by atoms with Crippen molar-refractivity contribution in [1.29, 1.82) is 0 Å². The summed E-state index contributed by atoms with van der Waals surface area (Å²) in [5.74, 6) is -0.464. The van der Waals surface area contributed by atoms with Gasteiger partial charge in [0, 0.05) is 18.0 Å². The largest absolute Gasteiger partial charge is 0.315 e. The molecule has 0 fully saturated rings. The molecule has 8 heteroatoms. The molecular weight excluding hydrogens is 386 g/mol. The fraction of sp³-hybridized carbons (Fsp3) is 0.150. The summed E-state index contributed by atoms with van der Waals surface area (Å²) in [5, 5.41) is 0.240. The minimum atomic E-state index is -0.447. The van der Waals surface area contributed by atoms with Gasteiger partial charge in [-0.15, -0.1) is 0 Å². The summed E-state index contributed by atoms with van der Waals surface area (Å²) in [4.78, 5) is 22.0. The Hall–Kier alpha value is -3.06. The zero-order chi connectivity index (χ0) is 19.8. The van der Waals surface area contributed by atoms with Gasteiger partial charge in [0.2, 0.25) is 0 Å². The zero-order valence-electron chi connectivity index (χ0n) is 14.9. The second-order valence-electron chi connectivity index (χ2n) is 6.26. The highest BCUT2D eigenvalue weighted by Gasteiger charge is 2.18. The van der Waals surface area contributed by atoms with E-state index in [9.17, 15) is 13.6 Å². The standard InChI is InChI=1S/C20H15ClF2N4O/c1-2-26-11-24-18-19(26)25-17(9-12-3-4-14(23)10-16(12)21)27(20(18)28)15-7-5-13(22)6-8-15/h3-8,10-11H,2,9H2,1H3. The quantitative estimate of drug-likeness (QED) is 0.517. The fourth-order valence-electron chi connectivity index (χ4n) is 3.08. The lowest BCUT2D eigenvalue weighted by Gasteiger charge is -2.14. The number of hydrogen-bond acceptors (Lipinski definition) is 3. The minimum absolute atomic E-state index is 0.191. The number of nitrogens with zero attached hydrogens (tertiary/aromatic N) is 4. The Morgan fingerprint density at radius 2 is 1.79 bits per heavy atom. The monoisotopic (exact) mass is 400 g/mol. The van der Waals surface area contributed by atoms with E-state index in [4.69, 9.17) is 11.6 Å². The molecule has 4 aromatic rings. The predicted octanol–water partition coefficient (Wildman–Crippen LogP) is 4.12. The van der Waals surface area contributed by atoms with E-state index in [0.29, 0.717) is 29.3 Å². The van der Waals surface area contributed by atoms with Gasteiger partial charge in [-0.3, -0.25) is 9.36 Å². The number of imidazole rings is 1. The number of fused-ring (bicyclic) bond motifs is 1. The first-order valence-corrected chi connectivity index (χ1v) is 9.02. The van der Waals surface area contributed by atoms with Crippen molar-refractivity contribution in [1.82, 2.24) is 19.1 Å². The van der Waals surface area contributed by atoms with E-state index in [2.05, 4.69) is 9.97 Å². The molecule has 0 bridgehead atoms. The number of halogens is 3. The first-order valence-electron chi connectivity index (χ1n) is 8.64. The number of benzene rings is 2. The second kappa shape index (κ2) is 7.16. The molecule has 28 heavy (non-hydrogen) atoms. The van der Waals surface area contributed by atoms with Gasteiger partial charge in [0.25, 0.3) is 5.56 Å². The van der Waals surface area contributed by atoms with Crippen LogP contribution in [0.5, 0.6) is 0 Å². The van der Waals surface area contributed by atoms with E-state index in [-0.39, 0.29) is 22.5 Å². The van der Waals surface area contributed by atoms with Crippen molar-refractivity contribution >= 4 is 22.8 Å². The normalized spacial score (nSPS) is 11.3. The van der Waals surface area contributed by atoms with Crippen LogP contribution < -0.4 is 5.56 Å². The van der Waals surface area contributed by atoms with Gasteiger partial charge in [0.1, 0.15) is 17.5 Å². The Labute approximate surface area is 163 Å². The SMILES string of the molecule is CCn1cnc2c(=O)n(-c3ccc(F)cc3)c(Cc3ccc(F)cc3Cl)nc21. The smallest absolute Gasteiger partial charge is 0.286 e. The van der Waals surface area contributed by atoms with Crippen LogP contribution in [-0.2, 0) is 13.0 Å². The van der Waals surface area contributed by atoms with Crippen molar-refractivity contribution in [3.63, 3.8) is 0 Å². The summed E-state index contributed by atoms with van der Waals surface area (Å²) >= 11 is 6.17. The molecule has 0 atom stereocenters. The van der Waals surface area contributed by atoms with Crippen molar-refractivity contribution < 1.29 is 8.78 Å². The zero-order valence-corrected chi connectivity index (χ0v) is 15.6. The Bertz CT molecular complexity index is 1230. The molecular formula is C20H15ClF2N4O. The summed E-state index contributed by atoms with van der Waals surface area (Å²) < 4.78 is 29.9. The predicted molar refractivity (Wildman–Crippen MR) is 103 cm³/mol. The average molecular weight is 401 g/mol. The van der Waals surface area contributed by atoms with Crippen molar-refractivity contribution in [3.05, 3.63) is 87.2 Å². The van der Waals surface area contributed by atoms with E-state index in [1.54, 1.807) is 17.0 Å². The van der Waals surface area contributed by atoms with Gasteiger partial charge in [0.05, 0.1) is 12.0 Å². The molecule has 4 rings (SSSR count). The van der Waals surface area contributed by atoms with Crippen LogP contribution in [0.25, 0.3) is 16.9 Å². The molecule has 0 saturated heterocycles. The van der Waals surface area contributed by atoms with Gasteiger partial charge in [-0.2, -0.15) is 0 Å². The highest BCUT2D eigenvalue weighted by atomic mass is 35.5. The summed E-state index contributed by atoms with van der Waals surface area (Å²) in [6, 6.07) is 9.60. The minimum Gasteiger partial charge on any atom is -0.315 e. The summed E-state index contributed by atoms with van der Waals surface area (Å²) in [6.45, 7) is 2.52. The van der Waals surface area contributed by atoms with Crippen LogP contribution in [0.15, 0.2) is 53.6 Å². The summed E-state index contributed by atoms with van der Waals surface area (Å²) in [7, 11) is 0. The molecule has 2 aromatic carbocycles. The van der Waals surface area contributed by atoms with Crippen LogP contribution in [0.3, 0.4) is 0 Å². The molecule has 2 heterocycles. The summed E-state index contributed by atoms with van der Waals surface area (Å²) in [6.07, 6.45) is 1.75. The van der Waals surface area contributed by atoms with Crippen LogP contribution in [0.4, 0.5) is 8.78 Å². The maximum absolute atomic E-state index is 13.4. The third-order valence-electron chi connectivity index (χ3n) is 4.50. The lowest BCUT2D eigenvalue weighted by atomic mass is 10.1. The van der Waals surface area contributed by atoms with E-state index in [0.717, 1.165) is 0 Å². The van der Waals surface area contributed by atoms with E-state index < -0.39 is 11.6 Å². The summed E-state index contributed by atoms with van der Waals surface area (Å²) in [5.41, 5.74) is 1.39. The highest BCUT2D eigenvalue weighted by Crippen LogP contribution is 2.22. The molecule has 0 radical (unpaired) electrons. The average Bonchev–Trinajstić information content (AvgIpc) is 3.08. The van der Waals surface area contributed by atoms with Crippen LogP contribution in [0.1, 0.15) is 18.3 Å². The van der Waals surface area contributed by atoms with Gasteiger partial charge < -0.3 is 4.57 Å². The van der Waals surface area contributed by atoms with Gasteiger partial charge in [-0.1, -0.05) is 17.7 Å². The number of aromatic nitrogens is 4. The molecule has 0 aliphatic carbocycles. The molecule has 0 aliphatic heterocycles. The van der Waals surface area contributed by atoms with Crippen molar-refractivity contribution in [3.8, 4) is 5.69 Å². The molecule has 0 amide bonds. The van der Waals surface area contributed by atoms with Crippen molar-refractivity contribution in [2.75, 3.05) is 0 Å². The Morgan fingerprint density at radius 1 is 1.07 bits per heavy atom. The van der Waals surface area contributed by atoms with Crippen LogP contribution >= 0.6 is 11.6 Å². The molecule has 0 aliphatic rings. The van der Waals surface area contributed by atoms with Crippen LogP contribution in [-0.4, -0.2) is 19.1 Å². The molecule has 0 N–H and O–H groups in total. The van der Waals surface area contributed by atoms with Gasteiger partial charge in [0.15, 0.2) is 11.2 Å². The first kappa shape index (κ1) is 18.3. The topological polar surface area (TPSA) is 52.7 Å². The lowest BCUT2D eigenvalue weighted by molar-refractivity contribution is 0.627. The fourth-order valence-corrected chi connectivity index (χ4v) is 3.32. The van der Waals surface area contributed by atoms with Gasteiger partial charge in [-0.05, 0) is 48.9 Å². The maximum Gasteiger partial charge on any atom is 0.286 e. The Morgan fingerprint density at radius 3 is 2.46 bits per heavy atom. The Balaban J connectivity index is 1.97. The lowest BCUT2D eigenvalue weighted by Crippen LogP contribution is -2.24.